The summed E-state index contributed by atoms with van der Waals surface area (Å²) in [4.78, 5) is 28.3. The van der Waals surface area contributed by atoms with Crippen LogP contribution >= 0.6 is 11.3 Å². The number of ether oxygens (including phenoxy) is 1. The molecule has 0 radical (unpaired) electrons. The van der Waals surface area contributed by atoms with Crippen molar-refractivity contribution < 1.29 is 22.7 Å². The maximum Gasteiger partial charge on any atom is 0.422 e. The fourth-order valence-corrected chi connectivity index (χ4v) is 5.63. The molecule has 0 saturated heterocycles. The summed E-state index contributed by atoms with van der Waals surface area (Å²) in [7, 11) is 0. The zero-order valence-corrected chi connectivity index (χ0v) is 21.2. The Hall–Kier alpha value is -2.53. The molecule has 3 heterocycles. The Morgan fingerprint density at radius 2 is 1.92 bits per heavy atom. The lowest BCUT2D eigenvalue weighted by molar-refractivity contribution is -0.153. The van der Waals surface area contributed by atoms with Crippen molar-refractivity contribution in [3.05, 3.63) is 40.4 Å². The van der Waals surface area contributed by atoms with Gasteiger partial charge in [-0.15, -0.1) is 0 Å². The average Bonchev–Trinajstić information content (AvgIpc) is 3.15. The molecule has 4 rings (SSSR count). The van der Waals surface area contributed by atoms with Crippen LogP contribution in [0.5, 0.6) is 5.19 Å². The molecule has 1 N–H and O–H groups in total. The molecule has 1 saturated carbocycles. The Kier molecular flexibility index (Phi) is 8.95. The van der Waals surface area contributed by atoms with Gasteiger partial charge in [0, 0.05) is 54.5 Å². The van der Waals surface area contributed by atoms with Crippen LogP contribution in [0.3, 0.4) is 0 Å². The SMILES string of the molecule is Cc1ncc(/C=C/C(=O)N[C@H]2CC[C@H](CCN3CCc4nc(OCC(F)(F)F)sc4CC3)CC2)cn1. The second-order valence-electron chi connectivity index (χ2n) is 9.51. The lowest BCUT2D eigenvalue weighted by Crippen LogP contribution is -2.37. The summed E-state index contributed by atoms with van der Waals surface area (Å²) >= 11 is 1.24. The number of alkyl halides is 3. The first-order chi connectivity index (χ1) is 17.2. The number of fused-ring (bicyclic) bond motifs is 1. The predicted octanol–water partition coefficient (Wildman–Crippen LogP) is 4.36. The molecule has 2 aromatic rings. The van der Waals surface area contributed by atoms with Crippen LogP contribution in [-0.2, 0) is 17.6 Å². The van der Waals surface area contributed by atoms with Crippen LogP contribution in [0.15, 0.2) is 18.5 Å². The first-order valence-corrected chi connectivity index (χ1v) is 13.2. The number of halogens is 3. The van der Waals surface area contributed by atoms with Gasteiger partial charge in [-0.1, -0.05) is 11.3 Å². The van der Waals surface area contributed by atoms with Gasteiger partial charge in [0.25, 0.3) is 5.19 Å². The molecule has 2 aliphatic rings. The Balaban J connectivity index is 1.13. The maximum absolute atomic E-state index is 12.4. The van der Waals surface area contributed by atoms with Crippen molar-refractivity contribution in [3.63, 3.8) is 0 Å². The molecule has 196 valence electrons. The molecule has 1 aliphatic carbocycles. The topological polar surface area (TPSA) is 80.2 Å². The Morgan fingerprint density at radius 3 is 2.64 bits per heavy atom. The number of amides is 1. The van der Waals surface area contributed by atoms with Gasteiger partial charge in [-0.3, -0.25) is 4.79 Å². The first-order valence-electron chi connectivity index (χ1n) is 12.4. The third kappa shape index (κ3) is 8.26. The highest BCUT2D eigenvalue weighted by atomic mass is 32.1. The first kappa shape index (κ1) is 26.5. The summed E-state index contributed by atoms with van der Waals surface area (Å²) in [5.74, 6) is 1.26. The number of hydrogen-bond donors (Lipinski definition) is 1. The van der Waals surface area contributed by atoms with E-state index in [0.717, 1.165) is 80.7 Å². The third-order valence-electron chi connectivity index (χ3n) is 6.71. The maximum atomic E-state index is 12.4. The third-order valence-corrected chi connectivity index (χ3v) is 7.78. The van der Waals surface area contributed by atoms with Crippen molar-refractivity contribution in [2.75, 3.05) is 26.2 Å². The Bertz CT molecular complexity index is 1010. The number of nitrogens with one attached hydrogen (secondary N) is 1. The van der Waals surface area contributed by atoms with E-state index < -0.39 is 12.8 Å². The van der Waals surface area contributed by atoms with Crippen LogP contribution in [0.4, 0.5) is 13.2 Å². The second kappa shape index (κ2) is 12.1. The average molecular weight is 524 g/mol. The van der Waals surface area contributed by atoms with Crippen LogP contribution in [0.1, 0.15) is 54.1 Å². The minimum atomic E-state index is -4.35. The number of aryl methyl sites for hydroxylation is 1. The number of nitrogens with zero attached hydrogens (tertiary/aromatic N) is 4. The van der Waals surface area contributed by atoms with Crippen molar-refractivity contribution in [1.29, 1.82) is 0 Å². The van der Waals surface area contributed by atoms with Crippen LogP contribution in [0.25, 0.3) is 6.08 Å². The lowest BCUT2D eigenvalue weighted by atomic mass is 9.84. The normalized spacial score (nSPS) is 21.2. The minimum Gasteiger partial charge on any atom is -0.460 e. The highest BCUT2D eigenvalue weighted by Gasteiger charge is 2.30. The molecule has 1 aliphatic heterocycles. The number of carbonyl (C=O) groups excluding carboxylic acids is 1. The molecule has 1 fully saturated rings. The lowest BCUT2D eigenvalue weighted by Gasteiger charge is -2.30. The molecule has 1 amide bonds. The second-order valence-corrected chi connectivity index (χ2v) is 10.6. The van der Waals surface area contributed by atoms with E-state index in [-0.39, 0.29) is 17.1 Å². The molecule has 2 aromatic heterocycles. The van der Waals surface area contributed by atoms with Gasteiger partial charge in [-0.2, -0.15) is 13.2 Å². The number of hydrogen-bond acceptors (Lipinski definition) is 7. The smallest absolute Gasteiger partial charge is 0.422 e. The van der Waals surface area contributed by atoms with Gasteiger partial charge in [0.05, 0.1) is 5.69 Å². The molecule has 0 aromatic carbocycles. The van der Waals surface area contributed by atoms with Gasteiger partial charge in [0.15, 0.2) is 6.61 Å². The zero-order chi connectivity index (χ0) is 25.5. The van der Waals surface area contributed by atoms with Crippen LogP contribution in [0, 0.1) is 12.8 Å². The van der Waals surface area contributed by atoms with Gasteiger partial charge in [0.2, 0.25) is 5.91 Å². The summed E-state index contributed by atoms with van der Waals surface area (Å²) in [6.07, 6.45) is 9.14. The quantitative estimate of drug-likeness (QED) is 0.518. The number of aromatic nitrogens is 3. The van der Waals surface area contributed by atoms with Crippen molar-refractivity contribution in [3.8, 4) is 5.19 Å². The predicted molar refractivity (Wildman–Crippen MR) is 132 cm³/mol. The summed E-state index contributed by atoms with van der Waals surface area (Å²) in [5, 5.41) is 3.23. The molecule has 0 atom stereocenters. The van der Waals surface area contributed by atoms with Gasteiger partial charge >= 0.3 is 6.18 Å². The van der Waals surface area contributed by atoms with E-state index in [1.54, 1.807) is 24.5 Å². The largest absolute Gasteiger partial charge is 0.460 e. The van der Waals surface area contributed by atoms with Crippen molar-refractivity contribution in [1.82, 2.24) is 25.2 Å². The minimum absolute atomic E-state index is 0.0865. The summed E-state index contributed by atoms with van der Waals surface area (Å²) in [6.45, 7) is 3.28. The van der Waals surface area contributed by atoms with E-state index >= 15 is 0 Å². The monoisotopic (exact) mass is 523 g/mol. The van der Waals surface area contributed by atoms with Crippen molar-refractivity contribution in [2.45, 2.75) is 64.1 Å². The zero-order valence-electron chi connectivity index (χ0n) is 20.4. The fraction of sp³-hybridized carbons (Fsp3) is 0.600. The van der Waals surface area contributed by atoms with Crippen molar-refractivity contribution >= 4 is 23.3 Å². The molecular formula is C25H32F3N5O2S. The summed E-state index contributed by atoms with van der Waals surface area (Å²) < 4.78 is 42.0. The van der Waals surface area contributed by atoms with E-state index in [2.05, 4.69) is 25.2 Å². The standard InChI is InChI=1S/C25H32F3N5O2S/c1-17-29-14-19(15-30-17)4-7-23(34)31-20-5-2-18(3-6-20)8-11-33-12-9-21-22(10-13-33)36-24(32-21)35-16-25(26,27)28/h4,7,14-15,18,20H,2-3,5-6,8-13,16H2,1H3,(H,31,34)/b7-4+/t18-,20-. The summed E-state index contributed by atoms with van der Waals surface area (Å²) in [6, 6.07) is 0.210. The van der Waals surface area contributed by atoms with Crippen LogP contribution in [-0.4, -0.2) is 64.2 Å². The number of thiazole rings is 1. The highest BCUT2D eigenvalue weighted by molar-refractivity contribution is 7.13. The van der Waals surface area contributed by atoms with Gasteiger partial charge < -0.3 is 15.0 Å². The Labute approximate surface area is 213 Å². The number of carbonyl (C=O) groups is 1. The van der Waals surface area contributed by atoms with Crippen LogP contribution in [0.2, 0.25) is 0 Å². The van der Waals surface area contributed by atoms with Gasteiger partial charge in [-0.25, -0.2) is 15.0 Å². The van der Waals surface area contributed by atoms with E-state index in [9.17, 15) is 18.0 Å². The molecule has 7 nitrogen and oxygen atoms in total. The van der Waals surface area contributed by atoms with E-state index in [0.29, 0.717) is 11.7 Å². The molecule has 11 heteroatoms. The molecule has 36 heavy (non-hydrogen) atoms. The molecule has 0 unspecified atom stereocenters. The van der Waals surface area contributed by atoms with E-state index in [4.69, 9.17) is 4.74 Å². The van der Waals surface area contributed by atoms with Gasteiger partial charge in [-0.05, 0) is 64.0 Å². The molecule has 0 bridgehead atoms. The van der Waals surface area contributed by atoms with E-state index in [1.807, 2.05) is 6.92 Å². The van der Waals surface area contributed by atoms with E-state index in [1.165, 1.54) is 11.3 Å². The molecule has 0 spiro atoms. The van der Waals surface area contributed by atoms with Gasteiger partial charge in [0.1, 0.15) is 5.82 Å². The number of rotatable bonds is 8. The fourth-order valence-electron chi connectivity index (χ4n) is 4.69. The highest BCUT2D eigenvalue weighted by Crippen LogP contribution is 2.31. The van der Waals surface area contributed by atoms with Crippen LogP contribution < -0.4 is 10.1 Å². The van der Waals surface area contributed by atoms with Crippen molar-refractivity contribution in [2.24, 2.45) is 5.92 Å². The summed E-state index contributed by atoms with van der Waals surface area (Å²) in [5.41, 5.74) is 1.67. The molecular weight excluding hydrogens is 491 g/mol. The Morgan fingerprint density at radius 1 is 1.19 bits per heavy atom.